The zero-order valence-electron chi connectivity index (χ0n) is 15.0. The summed E-state index contributed by atoms with van der Waals surface area (Å²) in [5.74, 6) is 1.64. The summed E-state index contributed by atoms with van der Waals surface area (Å²) in [5, 5.41) is 10.5. The lowest BCUT2D eigenvalue weighted by Gasteiger charge is -2.31. The topological polar surface area (TPSA) is 83.1 Å². The van der Waals surface area contributed by atoms with Gasteiger partial charge in [0, 0.05) is 37.9 Å². The highest BCUT2D eigenvalue weighted by molar-refractivity contribution is 5.94. The number of rotatable bonds is 4. The van der Waals surface area contributed by atoms with Crippen LogP contribution in [-0.4, -0.2) is 64.4 Å². The van der Waals surface area contributed by atoms with Crippen LogP contribution in [0.3, 0.4) is 0 Å². The van der Waals surface area contributed by atoms with Gasteiger partial charge in [-0.3, -0.25) is 14.8 Å². The number of aryl methyl sites for hydroxylation is 1. The van der Waals surface area contributed by atoms with Gasteiger partial charge in [0.25, 0.3) is 5.91 Å². The molecule has 4 rings (SSSR count). The second-order valence-corrected chi connectivity index (χ2v) is 7.13. The van der Waals surface area contributed by atoms with Gasteiger partial charge >= 0.3 is 0 Å². The van der Waals surface area contributed by atoms with E-state index >= 15 is 0 Å². The number of carbonyl (C=O) groups is 1. The van der Waals surface area contributed by atoms with Crippen LogP contribution in [-0.2, 0) is 4.74 Å². The third-order valence-electron chi connectivity index (χ3n) is 5.35. The van der Waals surface area contributed by atoms with Crippen molar-refractivity contribution in [2.45, 2.75) is 37.8 Å². The van der Waals surface area contributed by atoms with Crippen LogP contribution in [0.1, 0.15) is 40.8 Å². The van der Waals surface area contributed by atoms with E-state index in [9.17, 15) is 4.79 Å². The average molecular weight is 355 g/mol. The Bertz CT molecular complexity index is 741. The predicted octanol–water partition coefficient (Wildman–Crippen LogP) is 1.49. The van der Waals surface area contributed by atoms with Gasteiger partial charge in [0.15, 0.2) is 5.82 Å². The standard InChI is InChI=1S/C19H25N5O2/c1-13-20-18(23-22-13)16-11-24(15-7-9-26-10-8-15)12-17(16)21-19(25)14-5-3-2-4-6-14/h2-6,15-17H,7-12H2,1H3,(H,21,25)(H,20,22,23)/t16-,17-/m1/s1. The maximum atomic E-state index is 12.7. The molecule has 0 unspecified atom stereocenters. The average Bonchev–Trinajstić information content (AvgIpc) is 3.29. The predicted molar refractivity (Wildman–Crippen MR) is 97.0 cm³/mol. The van der Waals surface area contributed by atoms with Crippen LogP contribution >= 0.6 is 0 Å². The zero-order chi connectivity index (χ0) is 17.9. The van der Waals surface area contributed by atoms with Crippen LogP contribution in [0.4, 0.5) is 0 Å². The fraction of sp³-hybridized carbons (Fsp3) is 0.526. The second-order valence-electron chi connectivity index (χ2n) is 7.13. The number of amides is 1. The van der Waals surface area contributed by atoms with Gasteiger partial charge in [0.05, 0.1) is 12.0 Å². The molecule has 2 atom stereocenters. The Labute approximate surface area is 153 Å². The Kier molecular flexibility index (Phi) is 4.99. The van der Waals surface area contributed by atoms with Crippen molar-refractivity contribution >= 4 is 5.91 Å². The van der Waals surface area contributed by atoms with E-state index in [0.717, 1.165) is 50.8 Å². The van der Waals surface area contributed by atoms with E-state index in [1.165, 1.54) is 0 Å². The van der Waals surface area contributed by atoms with Crippen molar-refractivity contribution in [2.75, 3.05) is 26.3 Å². The molecule has 0 bridgehead atoms. The van der Waals surface area contributed by atoms with Gasteiger partial charge in [0.2, 0.25) is 0 Å². The minimum absolute atomic E-state index is 0.000695. The molecule has 2 N–H and O–H groups in total. The molecule has 2 saturated heterocycles. The quantitative estimate of drug-likeness (QED) is 0.868. The summed E-state index contributed by atoms with van der Waals surface area (Å²) in [5.41, 5.74) is 0.682. The lowest BCUT2D eigenvalue weighted by Crippen LogP contribution is -2.42. The minimum atomic E-state index is -0.0401. The Balaban J connectivity index is 1.52. The molecule has 2 aromatic rings. The number of benzene rings is 1. The van der Waals surface area contributed by atoms with Gasteiger partial charge in [0.1, 0.15) is 5.82 Å². The van der Waals surface area contributed by atoms with Gasteiger partial charge < -0.3 is 10.1 Å². The third kappa shape index (κ3) is 3.64. The molecule has 0 radical (unpaired) electrons. The summed E-state index contributed by atoms with van der Waals surface area (Å²) in [6.45, 7) is 5.21. The highest BCUT2D eigenvalue weighted by atomic mass is 16.5. The molecular weight excluding hydrogens is 330 g/mol. The maximum Gasteiger partial charge on any atom is 0.251 e. The van der Waals surface area contributed by atoms with E-state index in [1.54, 1.807) is 0 Å². The van der Waals surface area contributed by atoms with Crippen molar-refractivity contribution in [3.8, 4) is 0 Å². The number of likely N-dealkylation sites (tertiary alicyclic amines) is 1. The smallest absolute Gasteiger partial charge is 0.251 e. The Morgan fingerprint density at radius 1 is 1.23 bits per heavy atom. The van der Waals surface area contributed by atoms with Gasteiger partial charge in [-0.1, -0.05) is 18.2 Å². The van der Waals surface area contributed by atoms with Crippen LogP contribution < -0.4 is 5.32 Å². The Morgan fingerprint density at radius 3 is 2.69 bits per heavy atom. The summed E-state index contributed by atoms with van der Waals surface area (Å²) in [7, 11) is 0. The van der Waals surface area contributed by atoms with Crippen molar-refractivity contribution in [3.05, 3.63) is 47.5 Å². The first-order valence-electron chi connectivity index (χ1n) is 9.27. The van der Waals surface area contributed by atoms with E-state index in [0.29, 0.717) is 11.6 Å². The van der Waals surface area contributed by atoms with E-state index in [1.807, 2.05) is 37.3 Å². The van der Waals surface area contributed by atoms with E-state index < -0.39 is 0 Å². The van der Waals surface area contributed by atoms with Crippen molar-refractivity contribution in [2.24, 2.45) is 0 Å². The third-order valence-corrected chi connectivity index (χ3v) is 5.35. The largest absolute Gasteiger partial charge is 0.381 e. The molecule has 3 heterocycles. The summed E-state index contributed by atoms with van der Waals surface area (Å²) in [6.07, 6.45) is 2.08. The van der Waals surface area contributed by atoms with Crippen LogP contribution in [0, 0.1) is 6.92 Å². The summed E-state index contributed by atoms with van der Waals surface area (Å²) < 4.78 is 5.50. The number of nitrogens with zero attached hydrogens (tertiary/aromatic N) is 3. The Hall–Kier alpha value is -2.25. The first-order valence-corrected chi connectivity index (χ1v) is 9.27. The van der Waals surface area contributed by atoms with Crippen molar-refractivity contribution in [3.63, 3.8) is 0 Å². The second kappa shape index (κ2) is 7.55. The fourth-order valence-corrected chi connectivity index (χ4v) is 3.96. The van der Waals surface area contributed by atoms with Gasteiger partial charge in [-0.2, -0.15) is 5.10 Å². The number of aromatic nitrogens is 3. The van der Waals surface area contributed by atoms with Crippen LogP contribution in [0.5, 0.6) is 0 Å². The number of hydrogen-bond donors (Lipinski definition) is 2. The van der Waals surface area contributed by atoms with E-state index in [4.69, 9.17) is 4.74 Å². The SMILES string of the molecule is Cc1nc([C@@H]2CN(C3CCOCC3)C[C@H]2NC(=O)c2ccccc2)n[nH]1. The van der Waals surface area contributed by atoms with E-state index in [-0.39, 0.29) is 17.9 Å². The highest BCUT2D eigenvalue weighted by Gasteiger charge is 2.40. The molecule has 0 saturated carbocycles. The van der Waals surface area contributed by atoms with Crippen LogP contribution in [0.15, 0.2) is 30.3 Å². The molecule has 2 fully saturated rings. The summed E-state index contributed by atoms with van der Waals surface area (Å²) in [4.78, 5) is 19.7. The lowest BCUT2D eigenvalue weighted by molar-refractivity contribution is 0.0412. The molecule has 1 aromatic heterocycles. The number of H-pyrrole nitrogens is 1. The van der Waals surface area contributed by atoms with Crippen molar-refractivity contribution in [1.29, 1.82) is 0 Å². The molecule has 2 aliphatic rings. The van der Waals surface area contributed by atoms with Crippen molar-refractivity contribution < 1.29 is 9.53 Å². The minimum Gasteiger partial charge on any atom is -0.381 e. The number of ether oxygens (including phenoxy) is 1. The molecule has 138 valence electrons. The molecule has 26 heavy (non-hydrogen) atoms. The molecule has 0 aliphatic carbocycles. The van der Waals surface area contributed by atoms with Crippen LogP contribution in [0.25, 0.3) is 0 Å². The molecule has 0 spiro atoms. The molecule has 1 amide bonds. The first kappa shape index (κ1) is 17.2. The van der Waals surface area contributed by atoms with Crippen molar-refractivity contribution in [1.82, 2.24) is 25.4 Å². The normalized spacial score (nSPS) is 24.7. The number of nitrogens with one attached hydrogen (secondary N) is 2. The number of hydrogen-bond acceptors (Lipinski definition) is 5. The molecular formula is C19H25N5O2. The molecule has 7 nitrogen and oxygen atoms in total. The fourth-order valence-electron chi connectivity index (χ4n) is 3.96. The monoisotopic (exact) mass is 355 g/mol. The number of aromatic amines is 1. The van der Waals surface area contributed by atoms with Gasteiger partial charge in [-0.05, 0) is 31.9 Å². The lowest BCUT2D eigenvalue weighted by atomic mass is 10.0. The number of carbonyl (C=O) groups excluding carboxylic acids is 1. The van der Waals surface area contributed by atoms with E-state index in [2.05, 4.69) is 25.4 Å². The molecule has 7 heteroatoms. The van der Waals surface area contributed by atoms with Gasteiger partial charge in [-0.25, -0.2) is 4.98 Å². The molecule has 2 aliphatic heterocycles. The highest BCUT2D eigenvalue weighted by Crippen LogP contribution is 2.29. The zero-order valence-corrected chi connectivity index (χ0v) is 15.0. The Morgan fingerprint density at radius 2 is 2.00 bits per heavy atom. The summed E-state index contributed by atoms with van der Waals surface area (Å²) >= 11 is 0. The maximum absolute atomic E-state index is 12.7. The molecule has 1 aromatic carbocycles. The first-order chi connectivity index (χ1) is 12.7. The van der Waals surface area contributed by atoms with Crippen LogP contribution in [0.2, 0.25) is 0 Å². The summed E-state index contributed by atoms with van der Waals surface area (Å²) in [6, 6.07) is 9.87. The van der Waals surface area contributed by atoms with Gasteiger partial charge in [-0.15, -0.1) is 0 Å².